The molecule has 0 spiro atoms. The van der Waals surface area contributed by atoms with Crippen LogP contribution in [0.4, 0.5) is 4.79 Å². The number of hydrogen-bond acceptors (Lipinski definition) is 4. The van der Waals surface area contributed by atoms with Crippen LogP contribution in [0.2, 0.25) is 0 Å². The van der Waals surface area contributed by atoms with Crippen LogP contribution in [0, 0.1) is 0 Å². The molecular weight excluding hydrogens is 540 g/mol. The van der Waals surface area contributed by atoms with Crippen LogP contribution in [0.15, 0.2) is 97.3 Å². The van der Waals surface area contributed by atoms with Crippen molar-refractivity contribution in [2.45, 2.75) is 56.9 Å². The lowest BCUT2D eigenvalue weighted by atomic mass is 9.91. The standard InChI is InChI=1S/C35H38N4O4/c40-34(38-21-20-37(35(41)42)23-29(38)22-26-12-4-1-5-13-26)32-33(28-16-8-3-9-17-28)39(25-36-32)30-18-10-11-19-31(30)43-24-27-14-6-2-7-15-27/h1-9,12-17,25,29-31H,10-11,18-24H2,(H,41,42)/t29-,30+,31+/m1/s1. The average molecular weight is 579 g/mol. The summed E-state index contributed by atoms with van der Waals surface area (Å²) in [4.78, 5) is 34.3. The Morgan fingerprint density at radius 2 is 1.49 bits per heavy atom. The van der Waals surface area contributed by atoms with E-state index in [1.807, 2.05) is 90.1 Å². The first-order chi connectivity index (χ1) is 21.1. The van der Waals surface area contributed by atoms with E-state index in [1.165, 1.54) is 4.90 Å². The highest BCUT2D eigenvalue weighted by Gasteiger charge is 2.37. The number of amides is 2. The second-order valence-corrected chi connectivity index (χ2v) is 11.5. The van der Waals surface area contributed by atoms with E-state index >= 15 is 0 Å². The maximum Gasteiger partial charge on any atom is 0.407 e. The number of piperazine rings is 1. The number of nitrogens with zero attached hydrogens (tertiary/aromatic N) is 4. The molecule has 8 nitrogen and oxygen atoms in total. The summed E-state index contributed by atoms with van der Waals surface area (Å²) >= 11 is 0. The molecule has 2 amide bonds. The van der Waals surface area contributed by atoms with Crippen LogP contribution in [0.5, 0.6) is 0 Å². The van der Waals surface area contributed by atoms with Gasteiger partial charge in [-0.3, -0.25) is 4.79 Å². The van der Waals surface area contributed by atoms with Gasteiger partial charge in [-0.2, -0.15) is 0 Å². The molecule has 1 aliphatic heterocycles. The molecule has 2 aliphatic rings. The molecule has 1 saturated carbocycles. The van der Waals surface area contributed by atoms with Gasteiger partial charge < -0.3 is 24.2 Å². The molecule has 2 heterocycles. The van der Waals surface area contributed by atoms with Crippen LogP contribution < -0.4 is 0 Å². The number of rotatable bonds is 8. The Hall–Kier alpha value is -4.43. The van der Waals surface area contributed by atoms with Gasteiger partial charge in [-0.05, 0) is 30.4 Å². The van der Waals surface area contributed by atoms with Crippen molar-refractivity contribution in [1.29, 1.82) is 0 Å². The number of hydrogen-bond donors (Lipinski definition) is 1. The minimum atomic E-state index is -0.960. The van der Waals surface area contributed by atoms with E-state index in [4.69, 9.17) is 9.72 Å². The van der Waals surface area contributed by atoms with Crippen molar-refractivity contribution in [3.63, 3.8) is 0 Å². The highest BCUT2D eigenvalue weighted by Crippen LogP contribution is 2.37. The third kappa shape index (κ3) is 6.49. The second kappa shape index (κ2) is 13.3. The Labute approximate surface area is 252 Å². The Morgan fingerprint density at radius 3 is 2.19 bits per heavy atom. The predicted molar refractivity (Wildman–Crippen MR) is 165 cm³/mol. The van der Waals surface area contributed by atoms with Gasteiger partial charge in [0.25, 0.3) is 5.91 Å². The van der Waals surface area contributed by atoms with Crippen LogP contribution in [-0.2, 0) is 17.8 Å². The van der Waals surface area contributed by atoms with E-state index < -0.39 is 6.09 Å². The zero-order chi connectivity index (χ0) is 29.6. The molecule has 0 unspecified atom stereocenters. The lowest BCUT2D eigenvalue weighted by Crippen LogP contribution is -2.57. The zero-order valence-electron chi connectivity index (χ0n) is 24.3. The van der Waals surface area contributed by atoms with Gasteiger partial charge in [0.2, 0.25) is 0 Å². The van der Waals surface area contributed by atoms with E-state index in [1.54, 1.807) is 0 Å². The number of aromatic nitrogens is 2. The molecule has 8 heteroatoms. The van der Waals surface area contributed by atoms with E-state index in [-0.39, 0.29) is 37.2 Å². The van der Waals surface area contributed by atoms with E-state index in [9.17, 15) is 14.7 Å². The Balaban J connectivity index is 1.33. The molecule has 6 rings (SSSR count). The summed E-state index contributed by atoms with van der Waals surface area (Å²) in [6.07, 6.45) is 5.49. The highest BCUT2D eigenvalue weighted by atomic mass is 16.5. The molecule has 4 aromatic rings. The Bertz CT molecular complexity index is 1510. The quantitative estimate of drug-likeness (QED) is 0.265. The first-order valence-electron chi connectivity index (χ1n) is 15.2. The van der Waals surface area contributed by atoms with Crippen molar-refractivity contribution in [2.24, 2.45) is 0 Å². The molecule has 3 aromatic carbocycles. The molecule has 0 bridgehead atoms. The van der Waals surface area contributed by atoms with Gasteiger partial charge in [0.15, 0.2) is 5.69 Å². The van der Waals surface area contributed by atoms with Crippen LogP contribution in [0.25, 0.3) is 11.3 Å². The van der Waals surface area contributed by atoms with Gasteiger partial charge >= 0.3 is 6.09 Å². The minimum Gasteiger partial charge on any atom is -0.465 e. The summed E-state index contributed by atoms with van der Waals surface area (Å²) < 4.78 is 8.69. The van der Waals surface area contributed by atoms with Crippen LogP contribution in [0.1, 0.15) is 53.3 Å². The van der Waals surface area contributed by atoms with Crippen molar-refractivity contribution in [3.05, 3.63) is 114 Å². The number of imidazole rings is 1. The van der Waals surface area contributed by atoms with Gasteiger partial charge in [0.1, 0.15) is 0 Å². The fourth-order valence-electron chi connectivity index (χ4n) is 6.51. The van der Waals surface area contributed by atoms with E-state index in [0.29, 0.717) is 25.3 Å². The lowest BCUT2D eigenvalue weighted by molar-refractivity contribution is -0.0159. The van der Waals surface area contributed by atoms with E-state index in [0.717, 1.165) is 48.1 Å². The third-order valence-electron chi connectivity index (χ3n) is 8.70. The van der Waals surface area contributed by atoms with Gasteiger partial charge in [0.05, 0.1) is 36.8 Å². The van der Waals surface area contributed by atoms with Crippen molar-refractivity contribution >= 4 is 12.0 Å². The minimum absolute atomic E-state index is 0.00138. The molecule has 222 valence electrons. The summed E-state index contributed by atoms with van der Waals surface area (Å²) in [5, 5.41) is 9.74. The van der Waals surface area contributed by atoms with Crippen LogP contribution >= 0.6 is 0 Å². The Morgan fingerprint density at radius 1 is 0.837 bits per heavy atom. The van der Waals surface area contributed by atoms with Crippen molar-refractivity contribution in [3.8, 4) is 11.3 Å². The van der Waals surface area contributed by atoms with Crippen molar-refractivity contribution in [2.75, 3.05) is 19.6 Å². The summed E-state index contributed by atoms with van der Waals surface area (Å²) in [5.41, 5.74) is 4.33. The largest absolute Gasteiger partial charge is 0.465 e. The van der Waals surface area contributed by atoms with Gasteiger partial charge in [0, 0.05) is 25.2 Å². The number of carbonyl (C=O) groups is 2. The van der Waals surface area contributed by atoms with Gasteiger partial charge in [-0.25, -0.2) is 9.78 Å². The zero-order valence-corrected chi connectivity index (χ0v) is 24.3. The monoisotopic (exact) mass is 578 g/mol. The van der Waals surface area contributed by atoms with Crippen LogP contribution in [0.3, 0.4) is 0 Å². The number of ether oxygens (including phenoxy) is 1. The first-order valence-corrected chi connectivity index (χ1v) is 15.2. The predicted octanol–water partition coefficient (Wildman–Crippen LogP) is 6.30. The average Bonchev–Trinajstić information content (AvgIpc) is 3.50. The van der Waals surface area contributed by atoms with Crippen molar-refractivity contribution in [1.82, 2.24) is 19.4 Å². The second-order valence-electron chi connectivity index (χ2n) is 11.5. The fourth-order valence-corrected chi connectivity index (χ4v) is 6.51. The lowest BCUT2D eigenvalue weighted by Gasteiger charge is -2.40. The normalized spacial score (nSPS) is 20.6. The molecule has 3 atom stereocenters. The summed E-state index contributed by atoms with van der Waals surface area (Å²) in [7, 11) is 0. The summed E-state index contributed by atoms with van der Waals surface area (Å²) in [5.74, 6) is -0.166. The molecular formula is C35H38N4O4. The maximum atomic E-state index is 14.4. The third-order valence-corrected chi connectivity index (χ3v) is 8.70. The molecule has 1 aromatic heterocycles. The molecule has 0 radical (unpaired) electrons. The smallest absolute Gasteiger partial charge is 0.407 e. The van der Waals surface area contributed by atoms with E-state index in [2.05, 4.69) is 16.7 Å². The number of carboxylic acid groups (broad SMARTS) is 1. The Kier molecular flexibility index (Phi) is 8.84. The molecule has 43 heavy (non-hydrogen) atoms. The number of carbonyl (C=O) groups excluding carboxylic acids is 1. The fraction of sp³-hybridized carbons (Fsp3) is 0.343. The molecule has 2 fully saturated rings. The topological polar surface area (TPSA) is 87.9 Å². The SMILES string of the molecule is O=C(O)N1CCN(C(=O)c2ncn([C@H]3CCCC[C@@H]3OCc3ccccc3)c2-c2ccccc2)[C@H](Cc2ccccc2)C1. The first kappa shape index (κ1) is 28.7. The van der Waals surface area contributed by atoms with Gasteiger partial charge in [-0.1, -0.05) is 104 Å². The summed E-state index contributed by atoms with van der Waals surface area (Å²) in [6.45, 7) is 1.38. The molecule has 1 aliphatic carbocycles. The van der Waals surface area contributed by atoms with Crippen LogP contribution in [-0.4, -0.2) is 68.2 Å². The number of benzene rings is 3. The van der Waals surface area contributed by atoms with Gasteiger partial charge in [-0.15, -0.1) is 0 Å². The molecule has 1 saturated heterocycles. The molecule has 1 N–H and O–H groups in total. The maximum absolute atomic E-state index is 14.4. The summed E-state index contributed by atoms with van der Waals surface area (Å²) in [6, 6.07) is 29.9. The highest BCUT2D eigenvalue weighted by molar-refractivity contribution is 5.98. The van der Waals surface area contributed by atoms with Crippen molar-refractivity contribution < 1.29 is 19.4 Å².